The number of carbonyl (C=O) groups is 1. The zero-order valence-electron chi connectivity index (χ0n) is 10.7. The third-order valence-corrected chi connectivity index (χ3v) is 3.14. The third-order valence-electron chi connectivity index (χ3n) is 3.14. The van der Waals surface area contributed by atoms with Gasteiger partial charge in [0.2, 0.25) is 0 Å². The Morgan fingerprint density at radius 3 is 2.35 bits per heavy atom. The molecule has 1 aliphatic carbocycles. The Kier molecular flexibility index (Phi) is 3.01. The molecule has 0 amide bonds. The van der Waals surface area contributed by atoms with Crippen molar-refractivity contribution in [2.24, 2.45) is 5.41 Å². The predicted octanol–water partition coefficient (Wildman–Crippen LogP) is 4.09. The van der Waals surface area contributed by atoms with Crippen molar-refractivity contribution in [1.82, 2.24) is 0 Å². The number of carbonyl (C=O) groups excluding carboxylic acids is 1. The summed E-state index contributed by atoms with van der Waals surface area (Å²) in [7, 11) is 0. The average Bonchev–Trinajstić information content (AvgIpc) is 2.29. The van der Waals surface area contributed by atoms with E-state index in [-0.39, 0.29) is 11.2 Å². The van der Waals surface area contributed by atoms with Gasteiger partial charge in [-0.05, 0) is 18.8 Å². The molecule has 2 rings (SSSR count). The fourth-order valence-corrected chi connectivity index (χ4v) is 1.86. The van der Waals surface area contributed by atoms with Gasteiger partial charge >= 0.3 is 0 Å². The summed E-state index contributed by atoms with van der Waals surface area (Å²) in [6.07, 6.45) is 7.04. The quantitative estimate of drug-likeness (QED) is 0.694. The second kappa shape index (κ2) is 4.33. The summed E-state index contributed by atoms with van der Waals surface area (Å²) in [6, 6.07) is 7.74. The van der Waals surface area contributed by atoms with Gasteiger partial charge in [-0.15, -0.1) is 0 Å². The minimum Gasteiger partial charge on any atom is -0.289 e. The van der Waals surface area contributed by atoms with Crippen LogP contribution < -0.4 is 0 Å². The maximum atomic E-state index is 12.2. The van der Waals surface area contributed by atoms with Gasteiger partial charge in [0.15, 0.2) is 5.78 Å². The largest absolute Gasteiger partial charge is 0.289 e. The molecule has 1 aromatic rings. The van der Waals surface area contributed by atoms with Gasteiger partial charge in [-0.25, -0.2) is 0 Å². The maximum absolute atomic E-state index is 12.2. The van der Waals surface area contributed by atoms with Gasteiger partial charge in [-0.2, -0.15) is 0 Å². The lowest BCUT2D eigenvalue weighted by Crippen LogP contribution is -2.12. The number of benzene rings is 1. The van der Waals surface area contributed by atoms with E-state index in [2.05, 4.69) is 19.9 Å². The van der Waals surface area contributed by atoms with Gasteiger partial charge in [0, 0.05) is 11.1 Å². The summed E-state index contributed by atoms with van der Waals surface area (Å²) in [5, 5.41) is 0. The number of Topliss-reactive ketones (excluding diaryl/α,β-unsaturated/α-hetero) is 1. The van der Waals surface area contributed by atoms with Crippen molar-refractivity contribution < 1.29 is 4.79 Å². The van der Waals surface area contributed by atoms with Crippen LogP contribution in [0.15, 0.2) is 48.1 Å². The lowest BCUT2D eigenvalue weighted by molar-refractivity contribution is 0.103. The molecule has 0 radical (unpaired) electrons. The Bertz CT molecular complexity index is 487. The van der Waals surface area contributed by atoms with E-state index in [0.717, 1.165) is 17.6 Å². The van der Waals surface area contributed by atoms with E-state index in [1.165, 1.54) is 5.56 Å². The normalized spacial score (nSPS) is 17.7. The summed E-state index contributed by atoms with van der Waals surface area (Å²) in [5.74, 6) is 0.122. The molecule has 0 bridgehead atoms. The summed E-state index contributed by atoms with van der Waals surface area (Å²) in [5.41, 5.74) is 2.94. The molecule has 17 heavy (non-hydrogen) atoms. The van der Waals surface area contributed by atoms with E-state index in [0.29, 0.717) is 0 Å². The molecule has 0 spiro atoms. The molecular weight excluding hydrogens is 208 g/mol. The smallest absolute Gasteiger partial charge is 0.192 e. The van der Waals surface area contributed by atoms with Gasteiger partial charge in [0.1, 0.15) is 0 Å². The average molecular weight is 226 g/mol. The molecule has 0 fully saturated rings. The Morgan fingerprint density at radius 1 is 1.18 bits per heavy atom. The van der Waals surface area contributed by atoms with E-state index >= 15 is 0 Å². The fraction of sp³-hybridized carbons (Fsp3) is 0.312. The van der Waals surface area contributed by atoms with Crippen molar-refractivity contribution >= 4 is 5.78 Å². The second-order valence-corrected chi connectivity index (χ2v) is 5.38. The first kappa shape index (κ1) is 11.8. The summed E-state index contributed by atoms with van der Waals surface area (Å²) < 4.78 is 0. The molecule has 1 nitrogen and oxygen atoms in total. The number of rotatable bonds is 2. The second-order valence-electron chi connectivity index (χ2n) is 5.38. The van der Waals surface area contributed by atoms with Crippen LogP contribution in [0.2, 0.25) is 0 Å². The molecule has 0 saturated heterocycles. The number of hydrogen-bond donors (Lipinski definition) is 0. The van der Waals surface area contributed by atoms with E-state index in [1.54, 1.807) is 0 Å². The first-order valence-corrected chi connectivity index (χ1v) is 5.99. The van der Waals surface area contributed by atoms with Gasteiger partial charge in [0.25, 0.3) is 0 Å². The number of allylic oxidation sites excluding steroid dienone is 4. The van der Waals surface area contributed by atoms with E-state index in [1.807, 2.05) is 43.3 Å². The topological polar surface area (TPSA) is 17.1 Å². The van der Waals surface area contributed by atoms with Crippen molar-refractivity contribution in [2.75, 3.05) is 0 Å². The van der Waals surface area contributed by atoms with Crippen molar-refractivity contribution in [1.29, 1.82) is 0 Å². The van der Waals surface area contributed by atoms with Gasteiger partial charge in [-0.1, -0.05) is 61.9 Å². The monoisotopic (exact) mass is 226 g/mol. The van der Waals surface area contributed by atoms with Gasteiger partial charge in [-0.3, -0.25) is 4.79 Å². The molecule has 0 aromatic heterocycles. The van der Waals surface area contributed by atoms with Gasteiger partial charge in [0.05, 0.1) is 0 Å². The van der Waals surface area contributed by atoms with Crippen molar-refractivity contribution in [3.8, 4) is 0 Å². The summed E-state index contributed by atoms with van der Waals surface area (Å²) in [4.78, 5) is 12.2. The Balaban J connectivity index is 2.20. The number of hydrogen-bond acceptors (Lipinski definition) is 1. The Hall–Kier alpha value is -1.63. The SMILES string of the molecule is Cc1ccc(C(=O)C2=CCC(C)(C)C=C2)cc1. The van der Waals surface area contributed by atoms with Crippen LogP contribution in [0.4, 0.5) is 0 Å². The number of aryl methyl sites for hydroxylation is 1. The molecule has 1 aliphatic rings. The molecule has 0 unspecified atom stereocenters. The Labute approximate surface area is 103 Å². The summed E-state index contributed by atoms with van der Waals surface area (Å²) in [6.45, 7) is 6.37. The predicted molar refractivity (Wildman–Crippen MR) is 71.1 cm³/mol. The van der Waals surface area contributed by atoms with Crippen LogP contribution in [0.1, 0.15) is 36.2 Å². The van der Waals surface area contributed by atoms with Crippen LogP contribution >= 0.6 is 0 Å². The highest BCUT2D eigenvalue weighted by Gasteiger charge is 2.19. The summed E-state index contributed by atoms with van der Waals surface area (Å²) >= 11 is 0. The van der Waals surface area contributed by atoms with Gasteiger partial charge < -0.3 is 0 Å². The third kappa shape index (κ3) is 2.73. The highest BCUT2D eigenvalue weighted by atomic mass is 16.1. The molecule has 0 N–H and O–H groups in total. The van der Waals surface area contributed by atoms with Crippen LogP contribution in [-0.4, -0.2) is 5.78 Å². The molecule has 0 saturated carbocycles. The minimum atomic E-state index is 0.122. The van der Waals surface area contributed by atoms with Crippen LogP contribution in [0.25, 0.3) is 0 Å². The molecule has 1 aromatic carbocycles. The van der Waals surface area contributed by atoms with Crippen LogP contribution in [-0.2, 0) is 0 Å². The van der Waals surface area contributed by atoms with E-state index < -0.39 is 0 Å². The van der Waals surface area contributed by atoms with E-state index in [4.69, 9.17) is 0 Å². The molecule has 0 atom stereocenters. The van der Waals surface area contributed by atoms with Crippen molar-refractivity contribution in [3.05, 3.63) is 59.2 Å². The zero-order valence-corrected chi connectivity index (χ0v) is 10.7. The molecule has 0 heterocycles. The van der Waals surface area contributed by atoms with Crippen LogP contribution in [0.3, 0.4) is 0 Å². The van der Waals surface area contributed by atoms with Crippen LogP contribution in [0, 0.1) is 12.3 Å². The van der Waals surface area contributed by atoms with E-state index in [9.17, 15) is 4.79 Å². The van der Waals surface area contributed by atoms with Crippen LogP contribution in [0.5, 0.6) is 0 Å². The fourth-order valence-electron chi connectivity index (χ4n) is 1.86. The lowest BCUT2D eigenvalue weighted by Gasteiger charge is -2.22. The number of ketones is 1. The standard InChI is InChI=1S/C16H18O/c1-12-4-6-13(7-5-12)15(17)14-8-10-16(2,3)11-9-14/h4-10H,11H2,1-3H3. The van der Waals surface area contributed by atoms with Crippen molar-refractivity contribution in [2.45, 2.75) is 27.2 Å². The first-order valence-electron chi connectivity index (χ1n) is 5.99. The zero-order chi connectivity index (χ0) is 12.5. The Morgan fingerprint density at radius 2 is 1.82 bits per heavy atom. The maximum Gasteiger partial charge on any atom is 0.192 e. The highest BCUT2D eigenvalue weighted by Crippen LogP contribution is 2.29. The highest BCUT2D eigenvalue weighted by molar-refractivity contribution is 6.10. The molecule has 0 aliphatic heterocycles. The lowest BCUT2D eigenvalue weighted by atomic mass is 9.83. The van der Waals surface area contributed by atoms with Crippen molar-refractivity contribution in [3.63, 3.8) is 0 Å². The molecular formula is C16H18O. The molecule has 88 valence electrons. The first-order chi connectivity index (χ1) is 7.98. The minimum absolute atomic E-state index is 0.122. The molecule has 1 heteroatoms.